The molecule has 1 amide bonds. The van der Waals surface area contributed by atoms with Crippen LogP contribution in [0, 0.1) is 5.92 Å². The van der Waals surface area contributed by atoms with E-state index in [1.54, 1.807) is 0 Å². The van der Waals surface area contributed by atoms with Crippen LogP contribution in [0.25, 0.3) is 11.1 Å². The fourth-order valence-electron chi connectivity index (χ4n) is 3.94. The predicted molar refractivity (Wildman–Crippen MR) is 136 cm³/mol. The number of benzene rings is 2. The van der Waals surface area contributed by atoms with E-state index in [1.165, 1.54) is 22.3 Å². The van der Waals surface area contributed by atoms with E-state index in [-0.39, 0.29) is 5.92 Å². The lowest BCUT2D eigenvalue weighted by atomic mass is 9.98. The maximum absolute atomic E-state index is 12.1. The van der Waals surface area contributed by atoms with Gasteiger partial charge in [0.05, 0.1) is 46.2 Å². The van der Waals surface area contributed by atoms with E-state index in [4.69, 9.17) is 23.7 Å². The van der Waals surface area contributed by atoms with Crippen LogP contribution in [0.2, 0.25) is 0 Å². The largest absolute Gasteiger partial charge is 0.449 e. The summed E-state index contributed by atoms with van der Waals surface area (Å²) in [5, 5.41) is 2.74. The molecule has 192 valence electrons. The van der Waals surface area contributed by atoms with Gasteiger partial charge in [0.25, 0.3) is 0 Å². The number of carbonyl (C=O) groups is 1. The second kappa shape index (κ2) is 15.5. The molecule has 35 heavy (non-hydrogen) atoms. The van der Waals surface area contributed by atoms with Crippen LogP contribution in [0.5, 0.6) is 0 Å². The molecule has 0 aromatic heterocycles. The van der Waals surface area contributed by atoms with Gasteiger partial charge in [-0.05, 0) is 28.2 Å². The molecule has 1 aliphatic carbocycles. The minimum absolute atomic E-state index is 0.0582. The molecule has 0 heterocycles. The number of rotatable bonds is 17. The zero-order chi connectivity index (χ0) is 24.7. The fraction of sp³-hybridized carbons (Fsp3) is 0.536. The summed E-state index contributed by atoms with van der Waals surface area (Å²) in [5.74, 6) is 0.648. The van der Waals surface area contributed by atoms with Gasteiger partial charge >= 0.3 is 6.09 Å². The molecule has 7 nitrogen and oxygen atoms in total. The molecule has 1 atom stereocenters. The topological polar surface area (TPSA) is 75.3 Å². The smallest absolute Gasteiger partial charge is 0.407 e. The van der Waals surface area contributed by atoms with Gasteiger partial charge in [0.15, 0.2) is 0 Å². The van der Waals surface area contributed by atoms with E-state index in [0.717, 1.165) is 13.0 Å². The number of hydrogen-bond acceptors (Lipinski definition) is 6. The molecule has 1 N–H and O–H groups in total. The van der Waals surface area contributed by atoms with Crippen molar-refractivity contribution in [1.29, 1.82) is 0 Å². The molecule has 3 rings (SSSR count). The Hall–Kier alpha value is -2.45. The zero-order valence-corrected chi connectivity index (χ0v) is 21.0. The molecular weight excluding hydrogens is 446 g/mol. The monoisotopic (exact) mass is 485 g/mol. The number of amides is 1. The van der Waals surface area contributed by atoms with Crippen LogP contribution in [0.1, 0.15) is 37.3 Å². The van der Waals surface area contributed by atoms with Crippen LogP contribution >= 0.6 is 0 Å². The summed E-state index contributed by atoms with van der Waals surface area (Å²) < 4.78 is 27.5. The molecule has 2 aromatic carbocycles. The summed E-state index contributed by atoms with van der Waals surface area (Å²) >= 11 is 0. The molecular formula is C28H39NO6. The zero-order valence-electron chi connectivity index (χ0n) is 21.0. The lowest BCUT2D eigenvalue weighted by Crippen LogP contribution is -2.29. The Morgan fingerprint density at radius 2 is 1.31 bits per heavy atom. The third-order valence-electron chi connectivity index (χ3n) is 6.07. The van der Waals surface area contributed by atoms with Crippen molar-refractivity contribution in [3.8, 4) is 11.1 Å². The summed E-state index contributed by atoms with van der Waals surface area (Å²) in [4.78, 5) is 12.1. The number of hydrogen-bond donors (Lipinski definition) is 1. The average Bonchev–Trinajstić information content (AvgIpc) is 3.21. The van der Waals surface area contributed by atoms with Crippen molar-refractivity contribution in [2.24, 2.45) is 5.92 Å². The predicted octanol–water partition coefficient (Wildman–Crippen LogP) is 4.64. The van der Waals surface area contributed by atoms with Gasteiger partial charge in [-0.2, -0.15) is 0 Å². The van der Waals surface area contributed by atoms with E-state index < -0.39 is 6.09 Å². The third kappa shape index (κ3) is 8.93. The van der Waals surface area contributed by atoms with Crippen molar-refractivity contribution in [3.63, 3.8) is 0 Å². The quantitative estimate of drug-likeness (QED) is 0.329. The van der Waals surface area contributed by atoms with Gasteiger partial charge in [0.1, 0.15) is 6.61 Å². The van der Waals surface area contributed by atoms with Crippen molar-refractivity contribution in [2.45, 2.75) is 26.2 Å². The Morgan fingerprint density at radius 1 is 0.800 bits per heavy atom. The number of nitrogens with one attached hydrogen (secondary N) is 1. The standard InChI is InChI=1S/C28H39NO6/c1-3-22(2)20-34-19-18-33-17-16-32-15-14-31-13-12-29-28(30)35-21-27-25-10-6-4-8-23(25)24-9-5-7-11-26(24)27/h4-11,22,27H,3,12-21H2,1-2H3,(H,29,30). The maximum atomic E-state index is 12.1. The molecule has 2 aromatic rings. The summed E-state index contributed by atoms with van der Waals surface area (Å²) in [6.07, 6.45) is 0.694. The molecule has 0 aliphatic heterocycles. The first-order valence-electron chi connectivity index (χ1n) is 12.6. The Kier molecular flexibility index (Phi) is 12.0. The normalized spacial score (nSPS) is 13.3. The molecule has 1 unspecified atom stereocenters. The molecule has 0 fully saturated rings. The lowest BCUT2D eigenvalue weighted by Gasteiger charge is -2.14. The second-order valence-corrected chi connectivity index (χ2v) is 8.68. The Balaban J connectivity index is 1.17. The minimum atomic E-state index is -0.433. The van der Waals surface area contributed by atoms with Crippen molar-refractivity contribution in [2.75, 3.05) is 66.0 Å². The molecule has 0 radical (unpaired) electrons. The van der Waals surface area contributed by atoms with E-state index in [1.807, 2.05) is 24.3 Å². The molecule has 1 aliphatic rings. The van der Waals surface area contributed by atoms with Gasteiger partial charge in [-0.1, -0.05) is 68.8 Å². The van der Waals surface area contributed by atoms with Gasteiger partial charge in [-0.3, -0.25) is 0 Å². The van der Waals surface area contributed by atoms with Gasteiger partial charge in [-0.15, -0.1) is 0 Å². The van der Waals surface area contributed by atoms with Crippen LogP contribution < -0.4 is 5.32 Å². The lowest BCUT2D eigenvalue weighted by molar-refractivity contribution is -0.00504. The summed E-state index contributed by atoms with van der Waals surface area (Å²) in [6.45, 7) is 9.41. The minimum Gasteiger partial charge on any atom is -0.449 e. The van der Waals surface area contributed by atoms with Gasteiger partial charge in [-0.25, -0.2) is 4.79 Å². The first-order valence-corrected chi connectivity index (χ1v) is 12.6. The highest BCUT2D eigenvalue weighted by Gasteiger charge is 2.28. The van der Waals surface area contributed by atoms with Crippen molar-refractivity contribution >= 4 is 6.09 Å². The van der Waals surface area contributed by atoms with Crippen molar-refractivity contribution in [1.82, 2.24) is 5.32 Å². The Morgan fingerprint density at radius 3 is 1.89 bits per heavy atom. The molecule has 0 spiro atoms. The molecule has 7 heteroatoms. The van der Waals surface area contributed by atoms with E-state index in [2.05, 4.69) is 43.4 Å². The summed E-state index contributed by atoms with van der Waals surface area (Å²) in [6, 6.07) is 16.6. The molecule has 0 bridgehead atoms. The van der Waals surface area contributed by atoms with E-state index in [0.29, 0.717) is 65.3 Å². The number of carbonyl (C=O) groups excluding carboxylic acids is 1. The average molecular weight is 486 g/mol. The van der Waals surface area contributed by atoms with Crippen LogP contribution in [0.4, 0.5) is 4.79 Å². The van der Waals surface area contributed by atoms with Crippen molar-refractivity contribution < 1.29 is 28.5 Å². The van der Waals surface area contributed by atoms with Crippen LogP contribution in [0.15, 0.2) is 48.5 Å². The number of fused-ring (bicyclic) bond motifs is 3. The summed E-state index contributed by atoms with van der Waals surface area (Å²) in [7, 11) is 0. The van der Waals surface area contributed by atoms with Crippen LogP contribution in [0.3, 0.4) is 0 Å². The Bertz CT molecular complexity index is 844. The van der Waals surface area contributed by atoms with Crippen LogP contribution in [-0.4, -0.2) is 72.1 Å². The second-order valence-electron chi connectivity index (χ2n) is 8.68. The van der Waals surface area contributed by atoms with Crippen LogP contribution in [-0.2, 0) is 23.7 Å². The molecule has 0 saturated heterocycles. The highest BCUT2D eigenvalue weighted by atomic mass is 16.6. The van der Waals surface area contributed by atoms with Crippen molar-refractivity contribution in [3.05, 3.63) is 59.7 Å². The number of ether oxygens (including phenoxy) is 5. The number of alkyl carbamates (subject to hydrolysis) is 1. The fourth-order valence-corrected chi connectivity index (χ4v) is 3.94. The SMILES string of the molecule is CCC(C)COCCOCCOCCOCCNC(=O)OCC1c2ccccc2-c2ccccc21. The first-order chi connectivity index (χ1) is 17.2. The third-order valence-corrected chi connectivity index (χ3v) is 6.07. The van der Waals surface area contributed by atoms with E-state index in [9.17, 15) is 4.79 Å². The van der Waals surface area contributed by atoms with Gasteiger partial charge in [0.2, 0.25) is 0 Å². The van der Waals surface area contributed by atoms with Gasteiger partial charge < -0.3 is 29.0 Å². The molecule has 0 saturated carbocycles. The first kappa shape index (κ1) is 27.1. The van der Waals surface area contributed by atoms with Gasteiger partial charge in [0, 0.05) is 19.1 Å². The van der Waals surface area contributed by atoms with E-state index >= 15 is 0 Å². The summed E-state index contributed by atoms with van der Waals surface area (Å²) in [5.41, 5.74) is 4.83. The maximum Gasteiger partial charge on any atom is 0.407 e. The Labute approximate surface area is 209 Å². The highest BCUT2D eigenvalue weighted by Crippen LogP contribution is 2.44. The highest BCUT2D eigenvalue weighted by molar-refractivity contribution is 5.79.